The van der Waals surface area contributed by atoms with E-state index in [1.165, 1.54) is 16.6 Å². The van der Waals surface area contributed by atoms with Crippen LogP contribution in [0.4, 0.5) is 5.69 Å². The third-order valence-corrected chi connectivity index (χ3v) is 2.81. The predicted molar refractivity (Wildman–Crippen MR) is 69.4 cm³/mol. The number of nitrogens with two attached hydrogens (primary N) is 1. The Labute approximate surface area is 96.5 Å². The maximum absolute atomic E-state index is 5.81. The van der Waals surface area contributed by atoms with Crippen LogP contribution in [0.25, 0.3) is 10.9 Å². The molecular formula is C13H19N3. The number of benzene rings is 1. The Morgan fingerprint density at radius 2 is 2.00 bits per heavy atom. The van der Waals surface area contributed by atoms with Gasteiger partial charge in [-0.15, -0.1) is 0 Å². The van der Waals surface area contributed by atoms with Gasteiger partial charge in [-0.05, 0) is 45.3 Å². The van der Waals surface area contributed by atoms with Crippen molar-refractivity contribution < 1.29 is 0 Å². The van der Waals surface area contributed by atoms with Crippen LogP contribution in [0.3, 0.4) is 0 Å². The van der Waals surface area contributed by atoms with Crippen molar-refractivity contribution in [1.29, 1.82) is 0 Å². The van der Waals surface area contributed by atoms with Crippen molar-refractivity contribution in [2.45, 2.75) is 20.0 Å². The monoisotopic (exact) mass is 217 g/mol. The fourth-order valence-corrected chi connectivity index (χ4v) is 2.17. The van der Waals surface area contributed by atoms with E-state index >= 15 is 0 Å². The third kappa shape index (κ3) is 1.91. The lowest BCUT2D eigenvalue weighted by Gasteiger charge is -2.12. The molecule has 16 heavy (non-hydrogen) atoms. The van der Waals surface area contributed by atoms with E-state index in [2.05, 4.69) is 42.6 Å². The molecule has 0 aliphatic heterocycles. The van der Waals surface area contributed by atoms with Crippen LogP contribution in [0.15, 0.2) is 24.3 Å². The minimum absolute atomic E-state index is 0.831. The lowest BCUT2D eigenvalue weighted by atomic mass is 10.2. The van der Waals surface area contributed by atoms with Gasteiger partial charge in [0.1, 0.15) is 0 Å². The molecule has 0 atom stereocenters. The molecule has 0 saturated heterocycles. The van der Waals surface area contributed by atoms with E-state index in [0.717, 1.165) is 18.8 Å². The molecule has 2 rings (SSSR count). The Balaban J connectivity index is 2.56. The molecule has 1 aromatic carbocycles. The van der Waals surface area contributed by atoms with Gasteiger partial charge in [0, 0.05) is 35.4 Å². The molecule has 0 spiro atoms. The Kier molecular flexibility index (Phi) is 2.88. The van der Waals surface area contributed by atoms with Crippen LogP contribution < -0.4 is 5.73 Å². The van der Waals surface area contributed by atoms with Gasteiger partial charge in [-0.3, -0.25) is 0 Å². The van der Waals surface area contributed by atoms with E-state index in [9.17, 15) is 0 Å². The molecule has 3 heteroatoms. The molecule has 0 radical (unpaired) electrons. The SMILES string of the molecule is CCn1c(CN(C)C)cc2cc(N)ccc21. The van der Waals surface area contributed by atoms with E-state index in [1.54, 1.807) is 0 Å². The van der Waals surface area contributed by atoms with E-state index in [0.29, 0.717) is 0 Å². The summed E-state index contributed by atoms with van der Waals surface area (Å²) in [6.45, 7) is 4.13. The highest BCUT2D eigenvalue weighted by Gasteiger charge is 2.08. The van der Waals surface area contributed by atoms with E-state index in [4.69, 9.17) is 5.73 Å². The van der Waals surface area contributed by atoms with Gasteiger partial charge in [0.2, 0.25) is 0 Å². The quantitative estimate of drug-likeness (QED) is 0.800. The minimum Gasteiger partial charge on any atom is -0.399 e. The second kappa shape index (κ2) is 4.18. The summed E-state index contributed by atoms with van der Waals surface area (Å²) >= 11 is 0. The van der Waals surface area contributed by atoms with Crippen LogP contribution >= 0.6 is 0 Å². The summed E-state index contributed by atoms with van der Waals surface area (Å²) in [7, 11) is 4.18. The van der Waals surface area contributed by atoms with Crippen LogP contribution in [0.1, 0.15) is 12.6 Å². The number of fused-ring (bicyclic) bond motifs is 1. The summed E-state index contributed by atoms with van der Waals surface area (Å²) < 4.78 is 2.34. The topological polar surface area (TPSA) is 34.2 Å². The van der Waals surface area contributed by atoms with Crippen LogP contribution in [-0.4, -0.2) is 23.6 Å². The number of nitrogens with zero attached hydrogens (tertiary/aromatic N) is 2. The zero-order chi connectivity index (χ0) is 11.7. The number of rotatable bonds is 3. The molecule has 1 aromatic heterocycles. The molecule has 2 aromatic rings. The largest absolute Gasteiger partial charge is 0.399 e. The van der Waals surface area contributed by atoms with Crippen molar-refractivity contribution >= 4 is 16.6 Å². The van der Waals surface area contributed by atoms with E-state index in [1.807, 2.05) is 12.1 Å². The van der Waals surface area contributed by atoms with Gasteiger partial charge in [0.25, 0.3) is 0 Å². The summed E-state index contributed by atoms with van der Waals surface area (Å²) in [5, 5.41) is 1.23. The molecule has 86 valence electrons. The zero-order valence-corrected chi connectivity index (χ0v) is 10.2. The molecule has 0 fully saturated rings. The first-order chi connectivity index (χ1) is 7.61. The minimum atomic E-state index is 0.831. The third-order valence-electron chi connectivity index (χ3n) is 2.81. The Bertz CT molecular complexity index is 497. The molecule has 3 nitrogen and oxygen atoms in total. The highest BCUT2D eigenvalue weighted by molar-refractivity contribution is 5.84. The average molecular weight is 217 g/mol. The van der Waals surface area contributed by atoms with Gasteiger partial charge < -0.3 is 15.2 Å². The van der Waals surface area contributed by atoms with Gasteiger partial charge >= 0.3 is 0 Å². The number of hydrogen-bond donors (Lipinski definition) is 1. The van der Waals surface area contributed by atoms with Crippen LogP contribution in [-0.2, 0) is 13.1 Å². The van der Waals surface area contributed by atoms with Crippen molar-refractivity contribution in [3.63, 3.8) is 0 Å². The molecule has 0 amide bonds. The van der Waals surface area contributed by atoms with Gasteiger partial charge in [0.05, 0.1) is 0 Å². The summed E-state index contributed by atoms with van der Waals surface area (Å²) in [5.74, 6) is 0. The number of nitrogen functional groups attached to an aromatic ring is 1. The Hall–Kier alpha value is -1.48. The molecular weight excluding hydrogens is 198 g/mol. The lowest BCUT2D eigenvalue weighted by Crippen LogP contribution is -2.14. The standard InChI is InChI=1S/C13H19N3/c1-4-16-12(9-15(2)3)8-10-7-11(14)5-6-13(10)16/h5-8H,4,9,14H2,1-3H3. The van der Waals surface area contributed by atoms with Crippen molar-refractivity contribution in [2.75, 3.05) is 19.8 Å². The van der Waals surface area contributed by atoms with Crippen molar-refractivity contribution in [2.24, 2.45) is 0 Å². The second-order valence-corrected chi connectivity index (χ2v) is 4.44. The number of aromatic nitrogens is 1. The predicted octanol–water partition coefficient (Wildman–Crippen LogP) is 2.31. The first-order valence-corrected chi connectivity index (χ1v) is 5.64. The molecule has 2 N–H and O–H groups in total. The number of aryl methyl sites for hydroxylation is 1. The lowest BCUT2D eigenvalue weighted by molar-refractivity contribution is 0.389. The van der Waals surface area contributed by atoms with Crippen molar-refractivity contribution in [3.05, 3.63) is 30.0 Å². The molecule has 0 bridgehead atoms. The van der Waals surface area contributed by atoms with Gasteiger partial charge in [-0.25, -0.2) is 0 Å². The van der Waals surface area contributed by atoms with E-state index < -0.39 is 0 Å². The summed E-state index contributed by atoms with van der Waals surface area (Å²) in [6, 6.07) is 8.34. The smallest absolute Gasteiger partial charge is 0.0484 e. The highest BCUT2D eigenvalue weighted by Crippen LogP contribution is 2.22. The fraction of sp³-hybridized carbons (Fsp3) is 0.385. The fourth-order valence-electron chi connectivity index (χ4n) is 2.17. The van der Waals surface area contributed by atoms with E-state index in [-0.39, 0.29) is 0 Å². The Morgan fingerprint density at radius 3 is 2.62 bits per heavy atom. The normalized spacial score (nSPS) is 11.5. The van der Waals surface area contributed by atoms with Gasteiger partial charge in [0.15, 0.2) is 0 Å². The second-order valence-electron chi connectivity index (χ2n) is 4.44. The summed E-state index contributed by atoms with van der Waals surface area (Å²) in [4.78, 5) is 2.18. The number of anilines is 1. The molecule has 0 unspecified atom stereocenters. The van der Waals surface area contributed by atoms with Crippen LogP contribution in [0.2, 0.25) is 0 Å². The maximum atomic E-state index is 5.81. The zero-order valence-electron chi connectivity index (χ0n) is 10.2. The van der Waals surface area contributed by atoms with Crippen molar-refractivity contribution in [1.82, 2.24) is 9.47 Å². The first kappa shape index (κ1) is 11.0. The molecule has 0 aliphatic carbocycles. The van der Waals surface area contributed by atoms with Gasteiger partial charge in [-0.2, -0.15) is 0 Å². The summed E-state index contributed by atoms with van der Waals surface area (Å²) in [6.07, 6.45) is 0. The van der Waals surface area contributed by atoms with Crippen LogP contribution in [0, 0.1) is 0 Å². The molecule has 0 aliphatic rings. The Morgan fingerprint density at radius 1 is 1.25 bits per heavy atom. The number of hydrogen-bond acceptors (Lipinski definition) is 2. The van der Waals surface area contributed by atoms with Crippen molar-refractivity contribution in [3.8, 4) is 0 Å². The van der Waals surface area contributed by atoms with Gasteiger partial charge in [-0.1, -0.05) is 0 Å². The molecule has 1 heterocycles. The van der Waals surface area contributed by atoms with Crippen LogP contribution in [0.5, 0.6) is 0 Å². The highest BCUT2D eigenvalue weighted by atomic mass is 15.1. The molecule has 0 saturated carbocycles. The summed E-state index contributed by atoms with van der Waals surface area (Å²) in [5.41, 5.74) is 9.25. The first-order valence-electron chi connectivity index (χ1n) is 5.64. The maximum Gasteiger partial charge on any atom is 0.0484 e. The average Bonchev–Trinajstić information content (AvgIpc) is 2.52.